The molecule has 0 aromatic carbocycles. The number of nitrogens with two attached hydrogens (primary N) is 1. The lowest BCUT2D eigenvalue weighted by Gasteiger charge is -2.31. The largest absolute Gasteiger partial charge is 0.444 e. The monoisotopic (exact) mass is 301 g/mol. The topological polar surface area (TPSA) is 84.7 Å². The average Bonchev–Trinajstić information content (AvgIpc) is 2.38. The Labute approximate surface area is 128 Å². The minimum Gasteiger partial charge on any atom is -0.444 e. The molecule has 0 aliphatic carbocycles. The second-order valence-corrected chi connectivity index (χ2v) is 6.07. The molecule has 1 aliphatic heterocycles. The summed E-state index contributed by atoms with van der Waals surface area (Å²) < 4.78 is 5.18. The molecule has 0 radical (unpaired) electrons. The first-order chi connectivity index (χ1) is 9.76. The Morgan fingerprint density at radius 3 is 2.19 bits per heavy atom. The molecule has 0 atom stereocenters. The zero-order valence-electron chi connectivity index (χ0n) is 14.1. The van der Waals surface area contributed by atoms with Gasteiger partial charge in [0, 0.05) is 6.54 Å². The molecular weight excluding hydrogens is 270 g/mol. The highest BCUT2D eigenvalue weighted by molar-refractivity contribution is 5.75. The summed E-state index contributed by atoms with van der Waals surface area (Å²) in [7, 11) is 0. The third kappa shape index (κ3) is 10.1. The van der Waals surface area contributed by atoms with Gasteiger partial charge in [0.1, 0.15) is 5.60 Å². The Kier molecular flexibility index (Phi) is 9.01. The molecule has 1 aliphatic rings. The lowest BCUT2D eigenvalue weighted by molar-refractivity contribution is -0.119. The van der Waals surface area contributed by atoms with Gasteiger partial charge in [-0.25, -0.2) is 4.79 Å². The molecule has 2 amide bonds. The molecule has 1 rings (SSSR count). The highest BCUT2D eigenvalue weighted by atomic mass is 16.6. The number of hydrogen-bond donors (Lipinski definition) is 2. The molecule has 6 nitrogen and oxygen atoms in total. The number of hydrogen-bond acceptors (Lipinski definition) is 4. The molecule has 1 saturated heterocycles. The van der Waals surface area contributed by atoms with E-state index in [2.05, 4.69) is 5.32 Å². The zero-order chi connectivity index (χ0) is 16.5. The predicted molar refractivity (Wildman–Crippen MR) is 83.9 cm³/mol. The zero-order valence-corrected chi connectivity index (χ0v) is 14.1. The molecular formula is C15H31N3O3. The van der Waals surface area contributed by atoms with Crippen molar-refractivity contribution in [3.8, 4) is 0 Å². The quantitative estimate of drug-likeness (QED) is 0.828. The summed E-state index contributed by atoms with van der Waals surface area (Å²) in [4.78, 5) is 24.4. The van der Waals surface area contributed by atoms with Gasteiger partial charge in [-0.2, -0.15) is 0 Å². The van der Waals surface area contributed by atoms with Gasteiger partial charge in [-0.05, 0) is 52.6 Å². The van der Waals surface area contributed by atoms with Crippen LogP contribution in [0.3, 0.4) is 0 Å². The van der Waals surface area contributed by atoms with Crippen molar-refractivity contribution < 1.29 is 14.3 Å². The second-order valence-electron chi connectivity index (χ2n) is 6.07. The molecule has 0 spiro atoms. The van der Waals surface area contributed by atoms with Crippen LogP contribution in [0, 0.1) is 5.92 Å². The SMILES string of the molecule is CC.CC(C)(C)OC(=O)NCC1CCN(CC(N)=O)CC1. The van der Waals surface area contributed by atoms with Gasteiger partial charge in [-0.3, -0.25) is 9.69 Å². The van der Waals surface area contributed by atoms with E-state index in [4.69, 9.17) is 10.5 Å². The van der Waals surface area contributed by atoms with E-state index in [1.807, 2.05) is 39.5 Å². The van der Waals surface area contributed by atoms with Crippen molar-refractivity contribution in [2.75, 3.05) is 26.2 Å². The van der Waals surface area contributed by atoms with Crippen molar-refractivity contribution in [2.24, 2.45) is 11.7 Å². The number of nitrogens with zero attached hydrogens (tertiary/aromatic N) is 1. The lowest BCUT2D eigenvalue weighted by Crippen LogP contribution is -2.42. The Bertz CT molecular complexity index is 319. The number of carbonyl (C=O) groups is 2. The number of alkyl carbamates (subject to hydrolysis) is 1. The van der Waals surface area contributed by atoms with Crippen molar-refractivity contribution in [3.63, 3.8) is 0 Å². The van der Waals surface area contributed by atoms with Gasteiger partial charge in [0.2, 0.25) is 5.91 Å². The lowest BCUT2D eigenvalue weighted by atomic mass is 9.97. The second kappa shape index (κ2) is 9.60. The van der Waals surface area contributed by atoms with Crippen molar-refractivity contribution in [3.05, 3.63) is 0 Å². The Morgan fingerprint density at radius 2 is 1.76 bits per heavy atom. The fourth-order valence-electron chi connectivity index (χ4n) is 2.11. The van der Waals surface area contributed by atoms with Crippen LogP contribution >= 0.6 is 0 Å². The summed E-state index contributed by atoms with van der Waals surface area (Å²) >= 11 is 0. The highest BCUT2D eigenvalue weighted by Crippen LogP contribution is 2.16. The molecule has 0 unspecified atom stereocenters. The van der Waals surface area contributed by atoms with Crippen molar-refractivity contribution in [1.82, 2.24) is 10.2 Å². The Morgan fingerprint density at radius 1 is 1.24 bits per heavy atom. The van der Waals surface area contributed by atoms with E-state index in [0.717, 1.165) is 25.9 Å². The third-order valence-electron chi connectivity index (χ3n) is 3.02. The summed E-state index contributed by atoms with van der Waals surface area (Å²) in [5.41, 5.74) is 4.70. The van der Waals surface area contributed by atoms with Crippen LogP contribution in [0.25, 0.3) is 0 Å². The molecule has 0 saturated carbocycles. The Balaban J connectivity index is 0.00000191. The van der Waals surface area contributed by atoms with Crippen LogP contribution in [0.1, 0.15) is 47.5 Å². The normalized spacial score (nSPS) is 16.6. The van der Waals surface area contributed by atoms with E-state index in [0.29, 0.717) is 19.0 Å². The molecule has 3 N–H and O–H groups in total. The van der Waals surface area contributed by atoms with E-state index < -0.39 is 5.60 Å². The third-order valence-corrected chi connectivity index (χ3v) is 3.02. The van der Waals surface area contributed by atoms with Gasteiger partial charge < -0.3 is 15.8 Å². The van der Waals surface area contributed by atoms with Gasteiger partial charge in [-0.1, -0.05) is 13.8 Å². The maximum atomic E-state index is 11.5. The first-order valence-corrected chi connectivity index (χ1v) is 7.74. The number of amides is 2. The molecule has 124 valence electrons. The first kappa shape index (κ1) is 19.7. The molecule has 0 aromatic heterocycles. The number of rotatable bonds is 4. The highest BCUT2D eigenvalue weighted by Gasteiger charge is 2.22. The number of piperidine rings is 1. The molecule has 1 fully saturated rings. The van der Waals surface area contributed by atoms with Crippen LogP contribution in [0.5, 0.6) is 0 Å². The van der Waals surface area contributed by atoms with E-state index >= 15 is 0 Å². The maximum Gasteiger partial charge on any atom is 0.407 e. The van der Waals surface area contributed by atoms with Crippen molar-refractivity contribution in [2.45, 2.75) is 53.1 Å². The molecule has 0 aromatic rings. The van der Waals surface area contributed by atoms with E-state index in [1.54, 1.807) is 0 Å². The summed E-state index contributed by atoms with van der Waals surface area (Å²) in [6.45, 7) is 12.2. The van der Waals surface area contributed by atoms with Crippen LogP contribution in [0.15, 0.2) is 0 Å². The average molecular weight is 301 g/mol. The number of likely N-dealkylation sites (tertiary alicyclic amines) is 1. The van der Waals surface area contributed by atoms with Gasteiger partial charge in [0.15, 0.2) is 0 Å². The minimum atomic E-state index is -0.463. The number of nitrogens with one attached hydrogen (secondary N) is 1. The minimum absolute atomic E-state index is 0.287. The van der Waals surface area contributed by atoms with Gasteiger partial charge in [0.05, 0.1) is 6.54 Å². The van der Waals surface area contributed by atoms with Crippen LogP contribution in [0.2, 0.25) is 0 Å². The number of primary amides is 1. The van der Waals surface area contributed by atoms with E-state index in [1.165, 1.54) is 0 Å². The van der Waals surface area contributed by atoms with Crippen LogP contribution < -0.4 is 11.1 Å². The fourth-order valence-corrected chi connectivity index (χ4v) is 2.11. The first-order valence-electron chi connectivity index (χ1n) is 7.74. The van der Waals surface area contributed by atoms with Gasteiger partial charge >= 0.3 is 6.09 Å². The van der Waals surface area contributed by atoms with Crippen molar-refractivity contribution in [1.29, 1.82) is 0 Å². The fraction of sp³-hybridized carbons (Fsp3) is 0.867. The predicted octanol–water partition coefficient (Wildman–Crippen LogP) is 1.73. The van der Waals surface area contributed by atoms with Crippen molar-refractivity contribution >= 4 is 12.0 Å². The van der Waals surface area contributed by atoms with Crippen LogP contribution in [0.4, 0.5) is 4.79 Å². The van der Waals surface area contributed by atoms with E-state index in [9.17, 15) is 9.59 Å². The van der Waals surface area contributed by atoms with Crippen LogP contribution in [-0.4, -0.2) is 48.7 Å². The summed E-state index contributed by atoms with van der Waals surface area (Å²) in [6, 6.07) is 0. The molecule has 0 bridgehead atoms. The Hall–Kier alpha value is -1.30. The summed E-state index contributed by atoms with van der Waals surface area (Å²) in [6.07, 6.45) is 1.55. The standard InChI is InChI=1S/C13H25N3O3.C2H6/c1-13(2,3)19-12(18)15-8-10-4-6-16(7-5-10)9-11(14)17;1-2/h10H,4-9H2,1-3H3,(H2,14,17)(H,15,18);1-2H3. The summed E-state index contributed by atoms with van der Waals surface area (Å²) in [5.74, 6) is 0.155. The smallest absolute Gasteiger partial charge is 0.407 e. The summed E-state index contributed by atoms with van der Waals surface area (Å²) in [5, 5.41) is 2.79. The van der Waals surface area contributed by atoms with Crippen LogP contribution in [-0.2, 0) is 9.53 Å². The van der Waals surface area contributed by atoms with Gasteiger partial charge in [0.25, 0.3) is 0 Å². The maximum absolute atomic E-state index is 11.5. The van der Waals surface area contributed by atoms with E-state index in [-0.39, 0.29) is 12.0 Å². The number of ether oxygens (including phenoxy) is 1. The van der Waals surface area contributed by atoms with Gasteiger partial charge in [-0.15, -0.1) is 0 Å². The molecule has 1 heterocycles. The molecule has 21 heavy (non-hydrogen) atoms. The number of carbonyl (C=O) groups excluding carboxylic acids is 2. The molecule has 6 heteroatoms.